The number of aldehydes is 1. The van der Waals surface area contributed by atoms with Gasteiger partial charge >= 0.3 is 12.1 Å². The van der Waals surface area contributed by atoms with Crippen molar-refractivity contribution in [3.05, 3.63) is 42.2 Å². The minimum atomic E-state index is -4.93. The van der Waals surface area contributed by atoms with E-state index >= 15 is 0 Å². The van der Waals surface area contributed by atoms with Gasteiger partial charge in [-0.15, -0.1) is 0 Å². The van der Waals surface area contributed by atoms with Gasteiger partial charge in [0.25, 0.3) is 0 Å². The Kier molecular flexibility index (Phi) is 3.60. The summed E-state index contributed by atoms with van der Waals surface area (Å²) in [6.45, 7) is 0. The Bertz CT molecular complexity index is 629. The van der Waals surface area contributed by atoms with Gasteiger partial charge in [-0.25, -0.2) is 0 Å². The number of nitrogens with one attached hydrogen (secondary N) is 1. The lowest BCUT2D eigenvalue weighted by Crippen LogP contribution is -2.29. The molecule has 1 amide bonds. The third kappa shape index (κ3) is 3.05. The largest absolute Gasteiger partial charge is 0.471 e. The van der Waals surface area contributed by atoms with E-state index in [1.54, 1.807) is 11.4 Å². The maximum Gasteiger partial charge on any atom is 0.471 e. The highest BCUT2D eigenvalue weighted by Gasteiger charge is 2.38. The molecule has 0 saturated carbocycles. The minimum absolute atomic E-state index is 0.0123. The molecule has 4 nitrogen and oxygen atoms in total. The molecule has 1 heterocycles. The molecular formula is C13H8F3NO3. The van der Waals surface area contributed by atoms with Crippen LogP contribution in [0.1, 0.15) is 10.6 Å². The maximum absolute atomic E-state index is 12.1. The number of halogens is 3. The van der Waals surface area contributed by atoms with Gasteiger partial charge in [0.05, 0.1) is 0 Å². The van der Waals surface area contributed by atoms with E-state index in [1.807, 2.05) is 0 Å². The summed E-state index contributed by atoms with van der Waals surface area (Å²) in [5.41, 5.74) is 0.585. The van der Waals surface area contributed by atoms with E-state index in [0.29, 0.717) is 17.6 Å². The zero-order chi connectivity index (χ0) is 14.8. The summed E-state index contributed by atoms with van der Waals surface area (Å²) >= 11 is 0. The highest BCUT2D eigenvalue weighted by molar-refractivity contribution is 5.95. The van der Waals surface area contributed by atoms with Crippen LogP contribution in [0.5, 0.6) is 0 Å². The van der Waals surface area contributed by atoms with Crippen LogP contribution < -0.4 is 5.32 Å². The second kappa shape index (κ2) is 5.20. The Morgan fingerprint density at radius 3 is 2.25 bits per heavy atom. The average molecular weight is 283 g/mol. The number of amides is 1. The first kappa shape index (κ1) is 13.9. The van der Waals surface area contributed by atoms with Gasteiger partial charge in [-0.1, -0.05) is 0 Å². The summed E-state index contributed by atoms with van der Waals surface area (Å²) in [5, 5.41) is 1.73. The van der Waals surface area contributed by atoms with Crippen molar-refractivity contribution < 1.29 is 27.2 Å². The summed E-state index contributed by atoms with van der Waals surface area (Å²) in [4.78, 5) is 21.2. The van der Waals surface area contributed by atoms with Crippen molar-refractivity contribution in [3.63, 3.8) is 0 Å². The lowest BCUT2D eigenvalue weighted by molar-refractivity contribution is -0.167. The highest BCUT2D eigenvalue weighted by Crippen LogP contribution is 2.24. The van der Waals surface area contributed by atoms with Crippen LogP contribution in [0.3, 0.4) is 0 Å². The number of carbonyl (C=O) groups excluding carboxylic acids is 2. The van der Waals surface area contributed by atoms with E-state index in [-0.39, 0.29) is 11.4 Å². The van der Waals surface area contributed by atoms with Gasteiger partial charge in [-0.3, -0.25) is 9.59 Å². The molecule has 104 valence electrons. The number of furan rings is 1. The quantitative estimate of drug-likeness (QED) is 0.879. The molecule has 0 fully saturated rings. The first-order valence-electron chi connectivity index (χ1n) is 5.44. The van der Waals surface area contributed by atoms with Gasteiger partial charge in [0.15, 0.2) is 12.0 Å². The van der Waals surface area contributed by atoms with Crippen LogP contribution in [-0.2, 0) is 4.79 Å². The smallest absolute Gasteiger partial charge is 0.453 e. The van der Waals surface area contributed by atoms with Crippen LogP contribution in [0.25, 0.3) is 11.3 Å². The summed E-state index contributed by atoms with van der Waals surface area (Å²) in [6.07, 6.45) is -4.39. The van der Waals surface area contributed by atoms with Gasteiger partial charge in [-0.2, -0.15) is 13.2 Å². The van der Waals surface area contributed by atoms with Gasteiger partial charge < -0.3 is 9.73 Å². The Morgan fingerprint density at radius 2 is 1.75 bits per heavy atom. The monoisotopic (exact) mass is 283 g/mol. The number of benzene rings is 1. The van der Waals surface area contributed by atoms with Gasteiger partial charge in [0, 0.05) is 11.3 Å². The van der Waals surface area contributed by atoms with E-state index in [9.17, 15) is 22.8 Å². The van der Waals surface area contributed by atoms with Crippen LogP contribution in [0.2, 0.25) is 0 Å². The second-order valence-electron chi connectivity index (χ2n) is 3.85. The molecule has 0 radical (unpaired) electrons. The molecule has 0 aliphatic carbocycles. The Hall–Kier alpha value is -2.57. The predicted octanol–water partition coefficient (Wildman–Crippen LogP) is 3.26. The van der Waals surface area contributed by atoms with E-state index in [1.165, 1.54) is 30.3 Å². The molecule has 7 heteroatoms. The van der Waals surface area contributed by atoms with Crippen LogP contribution in [0.4, 0.5) is 18.9 Å². The van der Waals surface area contributed by atoms with E-state index in [4.69, 9.17) is 4.42 Å². The summed E-state index contributed by atoms with van der Waals surface area (Å²) in [6, 6.07) is 8.59. The normalized spacial score (nSPS) is 11.2. The summed E-state index contributed by atoms with van der Waals surface area (Å²) in [7, 11) is 0. The number of anilines is 1. The minimum Gasteiger partial charge on any atom is -0.453 e. The van der Waals surface area contributed by atoms with E-state index < -0.39 is 12.1 Å². The number of rotatable bonds is 3. The van der Waals surface area contributed by atoms with Crippen molar-refractivity contribution in [2.24, 2.45) is 0 Å². The number of hydrogen-bond acceptors (Lipinski definition) is 3. The molecule has 0 saturated heterocycles. The first-order chi connectivity index (χ1) is 9.40. The van der Waals surface area contributed by atoms with Gasteiger partial charge in [0.2, 0.25) is 0 Å². The maximum atomic E-state index is 12.1. The molecule has 2 aromatic rings. The fraction of sp³-hybridized carbons (Fsp3) is 0.0769. The zero-order valence-corrected chi connectivity index (χ0v) is 9.90. The van der Waals surface area contributed by atoms with Crippen molar-refractivity contribution in [1.29, 1.82) is 0 Å². The van der Waals surface area contributed by atoms with Crippen LogP contribution >= 0.6 is 0 Å². The summed E-state index contributed by atoms with van der Waals surface area (Å²) < 4.78 is 41.3. The SMILES string of the molecule is O=Cc1ccc(-c2ccc(NC(=O)C(F)(F)F)cc2)o1. The molecule has 0 atom stereocenters. The molecule has 0 bridgehead atoms. The number of hydrogen-bond donors (Lipinski definition) is 1. The zero-order valence-electron chi connectivity index (χ0n) is 9.90. The van der Waals surface area contributed by atoms with Crippen LogP contribution in [0, 0.1) is 0 Å². The summed E-state index contributed by atoms with van der Waals surface area (Å²) in [5.74, 6) is -1.48. The highest BCUT2D eigenvalue weighted by atomic mass is 19.4. The fourth-order valence-corrected chi connectivity index (χ4v) is 1.49. The molecule has 20 heavy (non-hydrogen) atoms. The van der Waals surface area contributed by atoms with Crippen LogP contribution in [0.15, 0.2) is 40.8 Å². The van der Waals surface area contributed by atoms with Crippen molar-refractivity contribution in [3.8, 4) is 11.3 Å². The standard InChI is InChI=1S/C13H8F3NO3/c14-13(15,16)12(19)17-9-3-1-8(2-4-9)11-6-5-10(7-18)20-11/h1-7H,(H,17,19). The van der Waals surface area contributed by atoms with Crippen molar-refractivity contribution in [2.75, 3.05) is 5.32 Å². The molecule has 0 unspecified atom stereocenters. The van der Waals surface area contributed by atoms with Crippen LogP contribution in [-0.4, -0.2) is 18.4 Å². The Balaban J connectivity index is 2.14. The second-order valence-corrected chi connectivity index (χ2v) is 3.85. The molecular weight excluding hydrogens is 275 g/mol. The van der Waals surface area contributed by atoms with Crippen molar-refractivity contribution in [2.45, 2.75) is 6.18 Å². The third-order valence-electron chi connectivity index (χ3n) is 2.43. The van der Waals surface area contributed by atoms with Gasteiger partial charge in [0.1, 0.15) is 5.76 Å². The molecule has 0 spiro atoms. The van der Waals surface area contributed by atoms with Crippen molar-refractivity contribution in [1.82, 2.24) is 0 Å². The third-order valence-corrected chi connectivity index (χ3v) is 2.43. The molecule has 1 aromatic heterocycles. The molecule has 1 aromatic carbocycles. The van der Waals surface area contributed by atoms with Crippen molar-refractivity contribution >= 4 is 17.9 Å². The molecule has 2 rings (SSSR count). The van der Waals surface area contributed by atoms with Gasteiger partial charge in [-0.05, 0) is 36.4 Å². The fourth-order valence-electron chi connectivity index (χ4n) is 1.49. The first-order valence-corrected chi connectivity index (χ1v) is 5.44. The molecule has 0 aliphatic heterocycles. The Labute approximate surface area is 111 Å². The molecule has 1 N–H and O–H groups in total. The molecule has 0 aliphatic rings. The van der Waals surface area contributed by atoms with E-state index in [2.05, 4.69) is 0 Å². The predicted molar refractivity (Wildman–Crippen MR) is 64.2 cm³/mol. The number of alkyl halides is 3. The van der Waals surface area contributed by atoms with E-state index in [0.717, 1.165) is 0 Å². The Morgan fingerprint density at radius 1 is 1.10 bits per heavy atom. The number of carbonyl (C=O) groups is 2. The average Bonchev–Trinajstić information content (AvgIpc) is 2.87. The lowest BCUT2D eigenvalue weighted by atomic mass is 10.1. The topological polar surface area (TPSA) is 59.3 Å². The lowest BCUT2D eigenvalue weighted by Gasteiger charge is -2.08.